The first kappa shape index (κ1) is 17.2. The Morgan fingerprint density at radius 3 is 2.46 bits per heavy atom. The standard InChI is InChI=1S/C20H22N2O3S/c23-18(17-12-16(17)13-6-8-14(9-7-13)19(24)25)22(20-21-10-11-26-20)15-4-2-1-3-5-15/h6-11,15-17H,1-5,12H2,(H,24,25). The number of aromatic carboxylic acids is 1. The van der Waals surface area contributed by atoms with E-state index in [2.05, 4.69) is 4.98 Å². The second-order valence-electron chi connectivity index (χ2n) is 7.19. The number of carboxylic acids is 1. The van der Waals surface area contributed by atoms with E-state index in [4.69, 9.17) is 5.11 Å². The Morgan fingerprint density at radius 1 is 1.12 bits per heavy atom. The number of benzene rings is 1. The summed E-state index contributed by atoms with van der Waals surface area (Å²) < 4.78 is 0. The van der Waals surface area contributed by atoms with Crippen molar-refractivity contribution in [2.45, 2.75) is 50.5 Å². The number of aromatic nitrogens is 1. The third-order valence-electron chi connectivity index (χ3n) is 5.50. The molecular formula is C20H22N2O3S. The van der Waals surface area contributed by atoms with Gasteiger partial charge in [-0.3, -0.25) is 9.69 Å². The van der Waals surface area contributed by atoms with E-state index in [1.807, 2.05) is 22.4 Å². The Morgan fingerprint density at radius 2 is 1.85 bits per heavy atom. The first-order valence-electron chi connectivity index (χ1n) is 9.21. The van der Waals surface area contributed by atoms with Crippen LogP contribution in [0.1, 0.15) is 60.4 Å². The van der Waals surface area contributed by atoms with Crippen LogP contribution in [0.3, 0.4) is 0 Å². The molecule has 2 fully saturated rings. The van der Waals surface area contributed by atoms with Crippen molar-refractivity contribution in [1.82, 2.24) is 4.98 Å². The minimum Gasteiger partial charge on any atom is -0.478 e. The zero-order chi connectivity index (χ0) is 18.1. The van der Waals surface area contributed by atoms with Crippen LogP contribution in [0.5, 0.6) is 0 Å². The molecule has 1 heterocycles. The van der Waals surface area contributed by atoms with E-state index in [0.717, 1.165) is 30.0 Å². The number of anilines is 1. The van der Waals surface area contributed by atoms with Gasteiger partial charge in [0, 0.05) is 23.5 Å². The zero-order valence-corrected chi connectivity index (χ0v) is 15.3. The SMILES string of the molecule is O=C(O)c1ccc(C2CC2C(=O)N(c2nccs2)C2CCCCC2)cc1. The highest BCUT2D eigenvalue weighted by Gasteiger charge is 2.47. The number of amides is 1. The molecule has 0 saturated heterocycles. The molecule has 4 rings (SSSR count). The summed E-state index contributed by atoms with van der Waals surface area (Å²) >= 11 is 1.53. The molecule has 6 heteroatoms. The largest absolute Gasteiger partial charge is 0.478 e. The van der Waals surface area contributed by atoms with E-state index in [1.54, 1.807) is 18.3 Å². The number of hydrogen-bond acceptors (Lipinski definition) is 4. The van der Waals surface area contributed by atoms with Crippen molar-refractivity contribution in [2.24, 2.45) is 5.92 Å². The Labute approximate surface area is 156 Å². The predicted molar refractivity (Wildman–Crippen MR) is 101 cm³/mol. The lowest BCUT2D eigenvalue weighted by molar-refractivity contribution is -0.120. The fraction of sp³-hybridized carbons (Fsp3) is 0.450. The van der Waals surface area contributed by atoms with Crippen molar-refractivity contribution >= 4 is 28.3 Å². The van der Waals surface area contributed by atoms with Gasteiger partial charge in [0.15, 0.2) is 5.13 Å². The van der Waals surface area contributed by atoms with Crippen LogP contribution in [0, 0.1) is 5.92 Å². The number of carboxylic acid groups (broad SMARTS) is 1. The molecular weight excluding hydrogens is 348 g/mol. The average molecular weight is 370 g/mol. The molecule has 0 radical (unpaired) electrons. The van der Waals surface area contributed by atoms with E-state index in [9.17, 15) is 9.59 Å². The Bertz CT molecular complexity index is 782. The fourth-order valence-electron chi connectivity index (χ4n) is 3.99. The lowest BCUT2D eigenvalue weighted by Gasteiger charge is -2.32. The van der Waals surface area contributed by atoms with Crippen molar-refractivity contribution in [3.8, 4) is 0 Å². The van der Waals surface area contributed by atoms with Crippen molar-refractivity contribution < 1.29 is 14.7 Å². The van der Waals surface area contributed by atoms with Gasteiger partial charge in [0.05, 0.1) is 5.56 Å². The molecule has 2 unspecified atom stereocenters. The molecule has 1 aromatic heterocycles. The second kappa shape index (κ2) is 7.19. The van der Waals surface area contributed by atoms with Gasteiger partial charge in [-0.1, -0.05) is 31.4 Å². The summed E-state index contributed by atoms with van der Waals surface area (Å²) in [6.07, 6.45) is 8.29. The maximum Gasteiger partial charge on any atom is 0.335 e. The zero-order valence-electron chi connectivity index (χ0n) is 14.5. The Balaban J connectivity index is 1.51. The third kappa shape index (κ3) is 3.38. The molecule has 0 aliphatic heterocycles. The lowest BCUT2D eigenvalue weighted by Crippen LogP contribution is -2.42. The summed E-state index contributed by atoms with van der Waals surface area (Å²) in [7, 11) is 0. The van der Waals surface area contributed by atoms with E-state index >= 15 is 0 Å². The van der Waals surface area contributed by atoms with Gasteiger partial charge in [-0.2, -0.15) is 0 Å². The van der Waals surface area contributed by atoms with Crippen LogP contribution in [-0.4, -0.2) is 28.0 Å². The number of carbonyl (C=O) groups excluding carboxylic acids is 1. The van der Waals surface area contributed by atoms with Crippen molar-refractivity contribution in [2.75, 3.05) is 4.90 Å². The third-order valence-corrected chi connectivity index (χ3v) is 6.27. The summed E-state index contributed by atoms with van der Waals surface area (Å²) in [5.41, 5.74) is 1.33. The molecule has 2 atom stereocenters. The quantitative estimate of drug-likeness (QED) is 0.851. The monoisotopic (exact) mass is 370 g/mol. The number of thiazole rings is 1. The van der Waals surface area contributed by atoms with E-state index in [0.29, 0.717) is 0 Å². The van der Waals surface area contributed by atoms with Gasteiger partial charge in [0.2, 0.25) is 5.91 Å². The van der Waals surface area contributed by atoms with Crippen LogP contribution in [0.4, 0.5) is 5.13 Å². The van der Waals surface area contributed by atoms with Gasteiger partial charge in [-0.15, -0.1) is 11.3 Å². The summed E-state index contributed by atoms with van der Waals surface area (Å²) in [5.74, 6) is -0.570. The van der Waals surface area contributed by atoms with Crippen molar-refractivity contribution in [3.05, 3.63) is 47.0 Å². The van der Waals surface area contributed by atoms with Crippen LogP contribution >= 0.6 is 11.3 Å². The highest BCUT2D eigenvalue weighted by atomic mass is 32.1. The molecule has 0 bridgehead atoms. The number of nitrogens with zero attached hydrogens (tertiary/aromatic N) is 2. The molecule has 26 heavy (non-hydrogen) atoms. The van der Waals surface area contributed by atoms with Crippen molar-refractivity contribution in [3.63, 3.8) is 0 Å². The van der Waals surface area contributed by atoms with Crippen LogP contribution in [0.15, 0.2) is 35.8 Å². The summed E-state index contributed by atoms with van der Waals surface area (Å²) in [6.45, 7) is 0. The highest BCUT2D eigenvalue weighted by Crippen LogP contribution is 2.49. The molecule has 136 valence electrons. The molecule has 1 aromatic carbocycles. The molecule has 2 aromatic rings. The van der Waals surface area contributed by atoms with Gasteiger partial charge in [-0.05, 0) is 42.9 Å². The van der Waals surface area contributed by atoms with Crippen LogP contribution in [-0.2, 0) is 4.79 Å². The van der Waals surface area contributed by atoms with Gasteiger partial charge in [-0.25, -0.2) is 9.78 Å². The smallest absolute Gasteiger partial charge is 0.335 e. The molecule has 1 N–H and O–H groups in total. The van der Waals surface area contributed by atoms with Gasteiger partial charge in [0.1, 0.15) is 0 Å². The van der Waals surface area contributed by atoms with E-state index < -0.39 is 5.97 Å². The Hall–Kier alpha value is -2.21. The van der Waals surface area contributed by atoms with Crippen LogP contribution in [0.25, 0.3) is 0 Å². The molecule has 2 saturated carbocycles. The highest BCUT2D eigenvalue weighted by molar-refractivity contribution is 7.13. The molecule has 0 spiro atoms. The minimum atomic E-state index is -0.924. The molecule has 2 aliphatic rings. The van der Waals surface area contributed by atoms with Gasteiger partial charge < -0.3 is 5.11 Å². The molecule has 5 nitrogen and oxygen atoms in total. The second-order valence-corrected chi connectivity index (χ2v) is 8.06. The summed E-state index contributed by atoms with van der Waals surface area (Å²) in [4.78, 5) is 30.6. The van der Waals surface area contributed by atoms with Gasteiger partial charge >= 0.3 is 5.97 Å². The van der Waals surface area contributed by atoms with E-state index in [-0.39, 0.29) is 29.3 Å². The maximum absolute atomic E-state index is 13.3. The topological polar surface area (TPSA) is 70.5 Å². The normalized spacial score (nSPS) is 22.8. The van der Waals surface area contributed by atoms with Crippen LogP contribution in [0.2, 0.25) is 0 Å². The summed E-state index contributed by atoms with van der Waals surface area (Å²) in [5, 5.41) is 11.8. The first-order valence-corrected chi connectivity index (χ1v) is 10.1. The van der Waals surface area contributed by atoms with Crippen molar-refractivity contribution in [1.29, 1.82) is 0 Å². The number of hydrogen-bond donors (Lipinski definition) is 1. The average Bonchev–Trinajstić information content (AvgIpc) is 3.30. The predicted octanol–water partition coefficient (Wildman–Crippen LogP) is 4.31. The molecule has 1 amide bonds. The van der Waals surface area contributed by atoms with E-state index in [1.165, 1.54) is 30.6 Å². The van der Waals surface area contributed by atoms with Gasteiger partial charge in [0.25, 0.3) is 0 Å². The van der Waals surface area contributed by atoms with Crippen LogP contribution < -0.4 is 4.90 Å². The number of carbonyl (C=O) groups is 2. The first-order chi connectivity index (χ1) is 12.6. The minimum absolute atomic E-state index is 0.0171. The lowest BCUT2D eigenvalue weighted by atomic mass is 9.94. The molecule has 2 aliphatic carbocycles. The number of rotatable bonds is 5. The fourth-order valence-corrected chi connectivity index (χ4v) is 4.71. The summed E-state index contributed by atoms with van der Waals surface area (Å²) in [6, 6.07) is 7.19. The maximum atomic E-state index is 13.3. The Kier molecular flexibility index (Phi) is 4.76.